The zero-order chi connectivity index (χ0) is 27.7. The highest BCUT2D eigenvalue weighted by Crippen LogP contribution is 2.46. The van der Waals surface area contributed by atoms with Crippen LogP contribution in [0, 0.1) is 0 Å². The molecule has 6 heteroatoms. The molecule has 0 radical (unpaired) electrons. The van der Waals surface area contributed by atoms with Crippen molar-refractivity contribution in [2.75, 3.05) is 12.5 Å². The van der Waals surface area contributed by atoms with Crippen LogP contribution in [0.2, 0.25) is 0 Å². The van der Waals surface area contributed by atoms with Crippen molar-refractivity contribution in [2.24, 2.45) is 0 Å². The second-order valence-corrected chi connectivity index (χ2v) is 14.5. The van der Waals surface area contributed by atoms with E-state index in [-0.39, 0.29) is 0 Å². The van der Waals surface area contributed by atoms with E-state index in [9.17, 15) is 8.42 Å². The zero-order valence-corrected chi connectivity index (χ0v) is 26.4. The fourth-order valence-electron chi connectivity index (χ4n) is 6.09. The van der Waals surface area contributed by atoms with Gasteiger partial charge in [-0.1, -0.05) is 105 Å². The van der Waals surface area contributed by atoms with Crippen molar-refractivity contribution < 1.29 is 8.42 Å². The molecule has 2 atom stereocenters. The maximum absolute atomic E-state index is 12.7. The normalized spacial score (nSPS) is 13.5. The number of benzene rings is 7. The van der Waals surface area contributed by atoms with Gasteiger partial charge < -0.3 is 0 Å². The van der Waals surface area contributed by atoms with Gasteiger partial charge in [-0.25, -0.2) is 0 Å². The Kier molecular flexibility index (Phi) is 6.43. The van der Waals surface area contributed by atoms with Gasteiger partial charge in [0.15, 0.2) is 0 Å². The van der Waals surface area contributed by atoms with Gasteiger partial charge in [0.05, 0.1) is 21.6 Å². The van der Waals surface area contributed by atoms with Crippen LogP contribution < -0.4 is 0 Å². The minimum Gasteiger partial charge on any atom is -0.255 e. The maximum atomic E-state index is 12.7. The summed E-state index contributed by atoms with van der Waals surface area (Å²) in [6.45, 7) is 0. The van der Waals surface area contributed by atoms with Gasteiger partial charge in [0.1, 0.15) is 0 Å². The van der Waals surface area contributed by atoms with Crippen molar-refractivity contribution in [3.05, 3.63) is 106 Å². The molecule has 196 valence electrons. The number of hydrogen-bond acceptors (Lipinski definition) is 2. The Morgan fingerprint density at radius 3 is 1.20 bits per heavy atom. The van der Waals surface area contributed by atoms with E-state index < -0.39 is 21.6 Å². The lowest BCUT2D eigenvalue weighted by atomic mass is 9.85. The Balaban J connectivity index is 1.59. The van der Waals surface area contributed by atoms with Gasteiger partial charge in [0.25, 0.3) is 0 Å². The Hall–Kier alpha value is -2.90. The first-order chi connectivity index (χ1) is 19.3. The molecule has 0 saturated heterocycles. The SMILES string of the molecule is CS(=O)c1cc(Br)ccc1-c1ccc2c3ccc(-c4ccc(Br)cc4S(C)=O)c4cccc(c5cccc1c52)c43. The average Bonchev–Trinajstić information content (AvgIpc) is 2.95. The van der Waals surface area contributed by atoms with Gasteiger partial charge in [-0.3, -0.25) is 8.42 Å². The van der Waals surface area contributed by atoms with Crippen molar-refractivity contribution in [3.63, 3.8) is 0 Å². The summed E-state index contributed by atoms with van der Waals surface area (Å²) < 4.78 is 27.3. The molecule has 0 spiro atoms. The van der Waals surface area contributed by atoms with Crippen LogP contribution in [-0.2, 0) is 21.6 Å². The molecule has 7 aromatic carbocycles. The fraction of sp³-hybridized carbons (Fsp3) is 0.0588. The van der Waals surface area contributed by atoms with Crippen LogP contribution in [0.5, 0.6) is 0 Å². The fourth-order valence-corrected chi connectivity index (χ4v) is 8.68. The Labute approximate surface area is 253 Å². The van der Waals surface area contributed by atoms with E-state index in [1.807, 2.05) is 24.3 Å². The van der Waals surface area contributed by atoms with Crippen molar-refractivity contribution in [1.29, 1.82) is 0 Å². The molecule has 7 rings (SSSR count). The smallest absolute Gasteiger partial charge is 0.0504 e. The van der Waals surface area contributed by atoms with Crippen LogP contribution in [0.15, 0.2) is 116 Å². The Bertz CT molecular complexity index is 2030. The second-order valence-electron chi connectivity index (χ2n) is 9.97. The molecule has 2 nitrogen and oxygen atoms in total. The van der Waals surface area contributed by atoms with Crippen LogP contribution in [-0.4, -0.2) is 20.9 Å². The predicted molar refractivity (Wildman–Crippen MR) is 179 cm³/mol. The molecule has 0 bridgehead atoms. The first-order valence-corrected chi connectivity index (χ1v) is 17.4. The average molecular weight is 686 g/mol. The molecule has 7 aromatic rings. The molecule has 0 N–H and O–H groups in total. The molecule has 0 saturated carbocycles. The van der Waals surface area contributed by atoms with E-state index in [4.69, 9.17) is 0 Å². The first kappa shape index (κ1) is 26.0. The van der Waals surface area contributed by atoms with E-state index in [0.29, 0.717) is 0 Å². The molecule has 0 aromatic heterocycles. The molecule has 0 aliphatic carbocycles. The second kappa shape index (κ2) is 9.88. The highest BCUT2D eigenvalue weighted by Gasteiger charge is 2.20. The lowest BCUT2D eigenvalue weighted by Crippen LogP contribution is -1.95. The molecule has 0 aliphatic rings. The molecular formula is C34H22Br2O2S2. The van der Waals surface area contributed by atoms with E-state index in [1.54, 1.807) is 12.5 Å². The molecule has 0 amide bonds. The Morgan fingerprint density at radius 2 is 0.800 bits per heavy atom. The summed E-state index contributed by atoms with van der Waals surface area (Å²) in [5, 5.41) is 9.48. The third kappa shape index (κ3) is 3.99. The summed E-state index contributed by atoms with van der Waals surface area (Å²) >= 11 is 7.10. The topological polar surface area (TPSA) is 34.1 Å². The number of rotatable bonds is 4. The molecule has 0 fully saturated rings. The summed E-state index contributed by atoms with van der Waals surface area (Å²) in [6, 6.07) is 33.8. The summed E-state index contributed by atoms with van der Waals surface area (Å²) in [6.07, 6.45) is 3.46. The van der Waals surface area contributed by atoms with Gasteiger partial charge in [0.2, 0.25) is 0 Å². The summed E-state index contributed by atoms with van der Waals surface area (Å²) in [5.74, 6) is 0. The van der Waals surface area contributed by atoms with E-state index >= 15 is 0 Å². The monoisotopic (exact) mass is 684 g/mol. The predicted octanol–water partition coefficient (Wildman–Crippen LogP) is 10.1. The van der Waals surface area contributed by atoms with E-state index in [1.165, 1.54) is 32.3 Å². The van der Waals surface area contributed by atoms with Crippen LogP contribution in [0.4, 0.5) is 0 Å². The van der Waals surface area contributed by atoms with Crippen molar-refractivity contribution in [2.45, 2.75) is 9.79 Å². The maximum Gasteiger partial charge on any atom is 0.0504 e. The van der Waals surface area contributed by atoms with Gasteiger partial charge in [-0.15, -0.1) is 0 Å². The zero-order valence-electron chi connectivity index (χ0n) is 21.6. The lowest BCUT2D eigenvalue weighted by molar-refractivity contribution is 0.686. The summed E-state index contributed by atoms with van der Waals surface area (Å²) in [4.78, 5) is 1.63. The van der Waals surface area contributed by atoms with Gasteiger partial charge >= 0.3 is 0 Å². The first-order valence-electron chi connectivity index (χ1n) is 12.7. The highest BCUT2D eigenvalue weighted by atomic mass is 79.9. The van der Waals surface area contributed by atoms with Crippen molar-refractivity contribution in [3.8, 4) is 22.3 Å². The molecule has 0 heterocycles. The number of fused-ring (bicyclic) bond motifs is 2. The number of hydrogen-bond donors (Lipinski definition) is 0. The standard InChI is InChI=1S/C34H22Br2O2S2/c1-39(37)31-17-19(35)9-11-23(31)21-13-15-29-30-16-14-22(24-12-10-20(36)18-32(24)40(2)38)26-6-4-8-28(34(26)30)27-7-3-5-25(21)33(27)29/h3-18H,1-2H3. The lowest BCUT2D eigenvalue weighted by Gasteiger charge is -2.19. The van der Waals surface area contributed by atoms with E-state index in [2.05, 4.69) is 105 Å². The van der Waals surface area contributed by atoms with E-state index in [0.717, 1.165) is 51.8 Å². The summed E-state index contributed by atoms with van der Waals surface area (Å²) in [7, 11) is -2.27. The van der Waals surface area contributed by atoms with Gasteiger partial charge in [-0.05, 0) is 89.6 Å². The van der Waals surface area contributed by atoms with Gasteiger partial charge in [0, 0.05) is 31.2 Å². The third-order valence-electron chi connectivity index (χ3n) is 7.75. The summed E-state index contributed by atoms with van der Waals surface area (Å²) in [5.41, 5.74) is 4.13. The molecule has 0 aliphatic heterocycles. The largest absolute Gasteiger partial charge is 0.255 e. The highest BCUT2D eigenvalue weighted by molar-refractivity contribution is 9.10. The molecule has 2 unspecified atom stereocenters. The van der Waals surface area contributed by atoms with Gasteiger partial charge in [-0.2, -0.15) is 0 Å². The Morgan fingerprint density at radius 1 is 0.450 bits per heavy atom. The van der Waals surface area contributed by atoms with Crippen LogP contribution in [0.1, 0.15) is 0 Å². The quantitative estimate of drug-likeness (QED) is 0.137. The van der Waals surface area contributed by atoms with Crippen molar-refractivity contribution in [1.82, 2.24) is 0 Å². The number of halogens is 2. The minimum absolute atomic E-state index is 0.816. The van der Waals surface area contributed by atoms with Crippen LogP contribution >= 0.6 is 31.9 Å². The molecule has 40 heavy (non-hydrogen) atoms. The van der Waals surface area contributed by atoms with Crippen LogP contribution in [0.3, 0.4) is 0 Å². The molecular weight excluding hydrogens is 664 g/mol. The van der Waals surface area contributed by atoms with Crippen LogP contribution in [0.25, 0.3) is 65.3 Å². The minimum atomic E-state index is -1.13. The third-order valence-corrected chi connectivity index (χ3v) is 10.6. The van der Waals surface area contributed by atoms with Crippen molar-refractivity contribution >= 4 is 96.5 Å².